The van der Waals surface area contributed by atoms with Gasteiger partial charge >= 0.3 is 0 Å². The minimum atomic E-state index is 0.379. The number of benzene rings is 2. The maximum atomic E-state index is 6.40. The Morgan fingerprint density at radius 2 is 1.81 bits per heavy atom. The number of hydrogen-bond donors (Lipinski definition) is 1. The lowest BCUT2D eigenvalue weighted by Crippen LogP contribution is -2.24. The van der Waals surface area contributed by atoms with Crippen LogP contribution in [0.1, 0.15) is 30.4 Å². The van der Waals surface area contributed by atoms with Gasteiger partial charge in [0.1, 0.15) is 0 Å². The quantitative estimate of drug-likeness (QED) is 0.644. The molecule has 1 unspecified atom stereocenters. The number of nitrogens with one attached hydrogen (secondary N) is 1. The van der Waals surface area contributed by atoms with E-state index in [0.717, 1.165) is 35.4 Å². The molecule has 0 amide bonds. The molecule has 0 fully saturated rings. The lowest BCUT2D eigenvalue weighted by molar-refractivity contribution is 0.576. The summed E-state index contributed by atoms with van der Waals surface area (Å²) in [5.41, 5.74) is 2.54. The van der Waals surface area contributed by atoms with Gasteiger partial charge in [0.25, 0.3) is 0 Å². The molecular weight excluding hydrogens is 346 g/mol. The molecule has 3 heteroatoms. The Kier molecular flexibility index (Phi) is 6.75. The second-order valence-corrected chi connectivity index (χ2v) is 6.48. The first-order valence-electron chi connectivity index (χ1n) is 7.41. The molecule has 0 spiro atoms. The molecule has 0 aromatic heterocycles. The van der Waals surface area contributed by atoms with Crippen LogP contribution >= 0.6 is 27.5 Å². The fraction of sp³-hybridized carbons (Fsp3) is 0.333. The SMILES string of the molecule is CCCNCC(Cc1ccccc1Br)c1ccccc1Cl. The van der Waals surface area contributed by atoms with Gasteiger partial charge in [0.15, 0.2) is 0 Å². The van der Waals surface area contributed by atoms with Gasteiger partial charge in [-0.15, -0.1) is 0 Å². The molecule has 1 nitrogen and oxygen atoms in total. The van der Waals surface area contributed by atoms with Crippen molar-refractivity contribution in [2.24, 2.45) is 0 Å². The van der Waals surface area contributed by atoms with Gasteiger partial charge < -0.3 is 5.32 Å². The van der Waals surface area contributed by atoms with E-state index >= 15 is 0 Å². The van der Waals surface area contributed by atoms with Crippen molar-refractivity contribution in [3.05, 3.63) is 69.2 Å². The van der Waals surface area contributed by atoms with Crippen LogP contribution < -0.4 is 5.32 Å². The highest BCUT2D eigenvalue weighted by molar-refractivity contribution is 9.10. The molecule has 0 heterocycles. The fourth-order valence-electron chi connectivity index (χ4n) is 2.48. The smallest absolute Gasteiger partial charge is 0.0441 e. The highest BCUT2D eigenvalue weighted by Crippen LogP contribution is 2.29. The predicted molar refractivity (Wildman–Crippen MR) is 95.2 cm³/mol. The molecule has 0 aliphatic heterocycles. The molecule has 0 aliphatic rings. The third-order valence-electron chi connectivity index (χ3n) is 3.59. The summed E-state index contributed by atoms with van der Waals surface area (Å²) in [4.78, 5) is 0. The van der Waals surface area contributed by atoms with E-state index in [9.17, 15) is 0 Å². The van der Waals surface area contributed by atoms with Crippen molar-refractivity contribution in [2.75, 3.05) is 13.1 Å². The van der Waals surface area contributed by atoms with Gasteiger partial charge in [-0.2, -0.15) is 0 Å². The van der Waals surface area contributed by atoms with Crippen molar-refractivity contribution in [2.45, 2.75) is 25.7 Å². The van der Waals surface area contributed by atoms with E-state index in [1.807, 2.05) is 18.2 Å². The molecule has 0 saturated carbocycles. The van der Waals surface area contributed by atoms with Crippen LogP contribution in [-0.4, -0.2) is 13.1 Å². The Hall–Kier alpha value is -0.830. The summed E-state index contributed by atoms with van der Waals surface area (Å²) < 4.78 is 1.16. The third kappa shape index (κ3) is 4.84. The van der Waals surface area contributed by atoms with Crippen molar-refractivity contribution in [1.29, 1.82) is 0 Å². The predicted octanol–water partition coefficient (Wildman–Crippen LogP) is 5.43. The maximum Gasteiger partial charge on any atom is 0.0441 e. The Balaban J connectivity index is 2.20. The van der Waals surface area contributed by atoms with E-state index in [4.69, 9.17) is 11.6 Å². The summed E-state index contributed by atoms with van der Waals surface area (Å²) in [6.07, 6.45) is 2.12. The van der Waals surface area contributed by atoms with Crippen molar-refractivity contribution in [3.8, 4) is 0 Å². The largest absolute Gasteiger partial charge is 0.316 e. The molecule has 2 rings (SSSR count). The molecule has 1 N–H and O–H groups in total. The van der Waals surface area contributed by atoms with Gasteiger partial charge in [-0.25, -0.2) is 0 Å². The van der Waals surface area contributed by atoms with Gasteiger partial charge in [0.05, 0.1) is 0 Å². The average Bonchev–Trinajstić information content (AvgIpc) is 2.49. The van der Waals surface area contributed by atoms with Crippen LogP contribution in [-0.2, 0) is 6.42 Å². The highest BCUT2D eigenvalue weighted by atomic mass is 79.9. The van der Waals surface area contributed by atoms with E-state index < -0.39 is 0 Å². The summed E-state index contributed by atoms with van der Waals surface area (Å²) in [7, 11) is 0. The van der Waals surface area contributed by atoms with E-state index in [0.29, 0.717) is 5.92 Å². The van der Waals surface area contributed by atoms with Gasteiger partial charge in [-0.3, -0.25) is 0 Å². The van der Waals surface area contributed by atoms with Crippen LogP contribution in [0.2, 0.25) is 5.02 Å². The third-order valence-corrected chi connectivity index (χ3v) is 4.70. The van der Waals surface area contributed by atoms with Crippen LogP contribution in [0.4, 0.5) is 0 Å². The normalized spacial score (nSPS) is 12.3. The standard InChI is InChI=1S/C18H21BrClN/c1-2-11-21-13-15(16-8-4-6-10-18(16)20)12-14-7-3-5-9-17(14)19/h3-10,15,21H,2,11-13H2,1H3. The maximum absolute atomic E-state index is 6.40. The summed E-state index contributed by atoms with van der Waals surface area (Å²) >= 11 is 10.0. The van der Waals surface area contributed by atoms with Gasteiger partial charge in [0, 0.05) is 22.0 Å². The molecule has 2 aromatic carbocycles. The molecular formula is C18H21BrClN. The van der Waals surface area contributed by atoms with Crippen LogP contribution in [0.3, 0.4) is 0 Å². The second-order valence-electron chi connectivity index (χ2n) is 5.22. The summed E-state index contributed by atoms with van der Waals surface area (Å²) in [5.74, 6) is 0.379. The topological polar surface area (TPSA) is 12.0 Å². The summed E-state index contributed by atoms with van der Waals surface area (Å²) in [5, 5.41) is 4.38. The number of halogens is 2. The van der Waals surface area contributed by atoms with Crippen molar-refractivity contribution >= 4 is 27.5 Å². The summed E-state index contributed by atoms with van der Waals surface area (Å²) in [6.45, 7) is 4.17. The molecule has 0 radical (unpaired) electrons. The number of hydrogen-bond acceptors (Lipinski definition) is 1. The van der Waals surface area contributed by atoms with E-state index in [-0.39, 0.29) is 0 Å². The lowest BCUT2D eigenvalue weighted by Gasteiger charge is -2.20. The molecule has 112 valence electrons. The molecule has 21 heavy (non-hydrogen) atoms. The minimum Gasteiger partial charge on any atom is -0.316 e. The fourth-order valence-corrected chi connectivity index (χ4v) is 3.22. The first kappa shape index (κ1) is 16.5. The first-order chi connectivity index (χ1) is 10.2. The molecule has 0 saturated heterocycles. The zero-order valence-corrected chi connectivity index (χ0v) is 14.6. The zero-order valence-electron chi connectivity index (χ0n) is 12.3. The van der Waals surface area contributed by atoms with Crippen molar-refractivity contribution in [1.82, 2.24) is 5.32 Å². The molecule has 0 aliphatic carbocycles. The molecule has 1 atom stereocenters. The molecule has 0 bridgehead atoms. The van der Waals surface area contributed by atoms with E-state index in [2.05, 4.69) is 58.5 Å². The Morgan fingerprint density at radius 1 is 1.10 bits per heavy atom. The van der Waals surface area contributed by atoms with Gasteiger partial charge in [0.2, 0.25) is 0 Å². The zero-order chi connectivity index (χ0) is 15.1. The number of rotatable bonds is 7. The van der Waals surface area contributed by atoms with Gasteiger partial charge in [-0.05, 0) is 42.6 Å². The van der Waals surface area contributed by atoms with Crippen LogP contribution in [0.15, 0.2) is 53.0 Å². The second kappa shape index (κ2) is 8.57. The van der Waals surface area contributed by atoms with Crippen molar-refractivity contribution < 1.29 is 0 Å². The lowest BCUT2D eigenvalue weighted by atomic mass is 9.91. The van der Waals surface area contributed by atoms with Crippen LogP contribution in [0.25, 0.3) is 0 Å². The average molecular weight is 367 g/mol. The monoisotopic (exact) mass is 365 g/mol. The minimum absolute atomic E-state index is 0.379. The van der Waals surface area contributed by atoms with E-state index in [1.54, 1.807) is 0 Å². The highest BCUT2D eigenvalue weighted by Gasteiger charge is 2.16. The first-order valence-corrected chi connectivity index (χ1v) is 8.58. The van der Waals surface area contributed by atoms with E-state index in [1.165, 1.54) is 11.1 Å². The Labute approximate surface area is 140 Å². The Morgan fingerprint density at radius 3 is 2.52 bits per heavy atom. The van der Waals surface area contributed by atoms with Crippen LogP contribution in [0, 0.1) is 0 Å². The molecule has 2 aromatic rings. The van der Waals surface area contributed by atoms with Crippen LogP contribution in [0.5, 0.6) is 0 Å². The summed E-state index contributed by atoms with van der Waals surface area (Å²) in [6, 6.07) is 16.6. The Bertz CT molecular complexity index is 571. The van der Waals surface area contributed by atoms with Gasteiger partial charge in [-0.1, -0.05) is 70.9 Å². The van der Waals surface area contributed by atoms with Crippen molar-refractivity contribution in [3.63, 3.8) is 0 Å².